The van der Waals surface area contributed by atoms with Crippen LogP contribution in [0.5, 0.6) is 5.75 Å². The van der Waals surface area contributed by atoms with E-state index in [9.17, 15) is 24.5 Å². The second kappa shape index (κ2) is 8.59. The van der Waals surface area contributed by atoms with E-state index in [4.69, 9.17) is 9.76 Å². The van der Waals surface area contributed by atoms with E-state index in [0.29, 0.717) is 31.7 Å². The number of benzene rings is 1. The smallest absolute Gasteiger partial charge is 0.534 e. The molecular formula is C17H22BN3O7. The first-order valence-corrected chi connectivity index (χ1v) is 8.99. The number of amides is 1. The SMILES string of the molecule is O=C(O)CN1CCN(CC(=O)NC2Cc3cccc(C(=O)O)c3OB2O)CC1. The lowest BCUT2D eigenvalue weighted by Gasteiger charge is -2.34. The molecule has 1 amide bonds. The Bertz CT molecular complexity index is 767. The first kappa shape index (κ1) is 20.1. The van der Waals surface area contributed by atoms with E-state index in [1.165, 1.54) is 6.07 Å². The molecule has 0 bridgehead atoms. The van der Waals surface area contributed by atoms with E-state index in [-0.39, 0.29) is 36.7 Å². The van der Waals surface area contributed by atoms with Crippen LogP contribution >= 0.6 is 0 Å². The van der Waals surface area contributed by atoms with Gasteiger partial charge >= 0.3 is 19.1 Å². The Morgan fingerprint density at radius 1 is 1.11 bits per heavy atom. The quantitative estimate of drug-likeness (QED) is 0.428. The molecule has 1 saturated heterocycles. The third-order valence-electron chi connectivity index (χ3n) is 4.89. The second-order valence-electron chi connectivity index (χ2n) is 6.93. The number of fused-ring (bicyclic) bond motifs is 1. The summed E-state index contributed by atoms with van der Waals surface area (Å²) in [6, 6.07) is 4.70. The average molecular weight is 391 g/mol. The fourth-order valence-electron chi connectivity index (χ4n) is 3.47. The van der Waals surface area contributed by atoms with E-state index < -0.39 is 25.0 Å². The Kier molecular flexibility index (Phi) is 6.17. The highest BCUT2D eigenvalue weighted by Gasteiger charge is 2.38. The van der Waals surface area contributed by atoms with Gasteiger partial charge in [-0.15, -0.1) is 0 Å². The maximum Gasteiger partial charge on any atom is 0.547 e. The third kappa shape index (κ3) is 4.80. The molecule has 0 aromatic heterocycles. The molecule has 28 heavy (non-hydrogen) atoms. The van der Waals surface area contributed by atoms with Crippen LogP contribution in [0.3, 0.4) is 0 Å². The molecule has 1 aromatic carbocycles. The van der Waals surface area contributed by atoms with E-state index in [0.717, 1.165) is 0 Å². The number of aromatic carboxylic acids is 1. The lowest BCUT2D eigenvalue weighted by atomic mass is 9.72. The zero-order valence-electron chi connectivity index (χ0n) is 15.2. The first-order chi connectivity index (χ1) is 13.3. The molecule has 1 atom stereocenters. The van der Waals surface area contributed by atoms with Crippen LogP contribution in [0, 0.1) is 0 Å². The topological polar surface area (TPSA) is 140 Å². The molecular weight excluding hydrogens is 369 g/mol. The van der Waals surface area contributed by atoms with Crippen LogP contribution in [0.2, 0.25) is 0 Å². The summed E-state index contributed by atoms with van der Waals surface area (Å²) in [7, 11) is -1.34. The van der Waals surface area contributed by atoms with Crippen LogP contribution in [0.25, 0.3) is 0 Å². The molecule has 150 valence electrons. The number of rotatable bonds is 6. The maximum atomic E-state index is 12.4. The molecule has 2 heterocycles. The highest BCUT2D eigenvalue weighted by Crippen LogP contribution is 2.30. The van der Waals surface area contributed by atoms with E-state index in [1.54, 1.807) is 12.1 Å². The maximum absolute atomic E-state index is 12.4. The number of carboxylic acids is 2. The van der Waals surface area contributed by atoms with Crippen molar-refractivity contribution in [2.24, 2.45) is 0 Å². The van der Waals surface area contributed by atoms with Gasteiger partial charge in [-0.25, -0.2) is 4.79 Å². The first-order valence-electron chi connectivity index (χ1n) is 8.99. The highest BCUT2D eigenvalue weighted by atomic mass is 16.5. The minimum atomic E-state index is -1.34. The predicted molar refractivity (Wildman–Crippen MR) is 98.2 cm³/mol. The number of carbonyl (C=O) groups excluding carboxylic acids is 1. The van der Waals surface area contributed by atoms with Crippen molar-refractivity contribution >= 4 is 25.0 Å². The van der Waals surface area contributed by atoms with Gasteiger partial charge < -0.3 is 25.2 Å². The van der Waals surface area contributed by atoms with E-state index in [2.05, 4.69) is 5.32 Å². The highest BCUT2D eigenvalue weighted by molar-refractivity contribution is 6.47. The Morgan fingerprint density at radius 3 is 2.36 bits per heavy atom. The number of piperazine rings is 1. The van der Waals surface area contributed by atoms with Gasteiger partial charge in [0.2, 0.25) is 5.91 Å². The van der Waals surface area contributed by atoms with E-state index >= 15 is 0 Å². The van der Waals surface area contributed by atoms with Gasteiger partial charge in [0, 0.05) is 26.2 Å². The molecule has 0 aliphatic carbocycles. The van der Waals surface area contributed by atoms with Crippen LogP contribution < -0.4 is 9.97 Å². The third-order valence-corrected chi connectivity index (χ3v) is 4.89. The van der Waals surface area contributed by atoms with Crippen LogP contribution in [-0.4, -0.2) is 95.2 Å². The minimum Gasteiger partial charge on any atom is -0.534 e. The van der Waals surface area contributed by atoms with Gasteiger partial charge in [-0.3, -0.25) is 19.4 Å². The van der Waals surface area contributed by atoms with Gasteiger partial charge in [0.1, 0.15) is 5.75 Å². The molecule has 0 spiro atoms. The summed E-state index contributed by atoms with van der Waals surface area (Å²) < 4.78 is 5.36. The van der Waals surface area contributed by atoms with Crippen molar-refractivity contribution in [2.75, 3.05) is 39.3 Å². The number of nitrogens with zero attached hydrogens (tertiary/aromatic N) is 2. The molecule has 1 fully saturated rings. The fraction of sp³-hybridized carbons (Fsp3) is 0.471. The summed E-state index contributed by atoms with van der Waals surface area (Å²) >= 11 is 0. The molecule has 3 rings (SSSR count). The molecule has 11 heteroatoms. The van der Waals surface area contributed by atoms with Crippen molar-refractivity contribution in [3.63, 3.8) is 0 Å². The molecule has 10 nitrogen and oxygen atoms in total. The standard InChI is InChI=1S/C17H22BN3O7/c22-14(9-20-4-6-21(7-5-20)10-15(23)24)19-13-8-11-2-1-3-12(17(25)26)16(11)28-18(13)27/h1-3,13,27H,4-10H2,(H,19,22)(H,23,24)(H,25,26). The Labute approximate surface area is 161 Å². The monoisotopic (exact) mass is 391 g/mol. The predicted octanol–water partition coefficient (Wildman–Crippen LogP) is -1.47. The van der Waals surface area contributed by atoms with Crippen molar-refractivity contribution in [1.82, 2.24) is 15.1 Å². The minimum absolute atomic E-state index is 0.0105. The van der Waals surface area contributed by atoms with Crippen molar-refractivity contribution in [3.8, 4) is 5.75 Å². The van der Waals surface area contributed by atoms with Gasteiger partial charge in [0.05, 0.1) is 24.6 Å². The van der Waals surface area contributed by atoms with E-state index in [1.807, 2.05) is 9.80 Å². The summed E-state index contributed by atoms with van der Waals surface area (Å²) in [5.74, 6) is -2.85. The van der Waals surface area contributed by atoms with Gasteiger partial charge in [0.25, 0.3) is 0 Å². The summed E-state index contributed by atoms with van der Waals surface area (Å²) in [6.07, 6.45) is 0.260. The largest absolute Gasteiger partial charge is 0.547 e. The Morgan fingerprint density at radius 2 is 1.75 bits per heavy atom. The molecule has 1 unspecified atom stereocenters. The van der Waals surface area contributed by atoms with Crippen molar-refractivity contribution in [2.45, 2.75) is 12.4 Å². The molecule has 0 saturated carbocycles. The lowest BCUT2D eigenvalue weighted by molar-refractivity contribution is -0.139. The Balaban J connectivity index is 1.53. The number of hydrogen-bond donors (Lipinski definition) is 4. The molecule has 2 aliphatic heterocycles. The fourth-order valence-corrected chi connectivity index (χ4v) is 3.47. The van der Waals surface area contributed by atoms with Crippen molar-refractivity contribution in [3.05, 3.63) is 29.3 Å². The summed E-state index contributed by atoms with van der Waals surface area (Å²) in [5, 5.41) is 31.0. The van der Waals surface area contributed by atoms with Gasteiger partial charge in [-0.05, 0) is 18.1 Å². The van der Waals surface area contributed by atoms with Gasteiger partial charge in [-0.1, -0.05) is 12.1 Å². The molecule has 4 N–H and O–H groups in total. The summed E-state index contributed by atoms with van der Waals surface area (Å²) in [4.78, 5) is 38.1. The summed E-state index contributed by atoms with van der Waals surface area (Å²) in [6.45, 7) is 2.42. The molecule has 1 aromatic rings. The molecule has 2 aliphatic rings. The van der Waals surface area contributed by atoms with Gasteiger partial charge in [0.15, 0.2) is 0 Å². The van der Waals surface area contributed by atoms with Crippen LogP contribution in [0.4, 0.5) is 0 Å². The zero-order valence-corrected chi connectivity index (χ0v) is 15.2. The van der Waals surface area contributed by atoms with Crippen molar-refractivity contribution in [1.29, 1.82) is 0 Å². The number of carbonyl (C=O) groups is 3. The lowest BCUT2D eigenvalue weighted by Crippen LogP contribution is -2.56. The number of hydrogen-bond acceptors (Lipinski definition) is 7. The normalized spacial score (nSPS) is 20.2. The van der Waals surface area contributed by atoms with Crippen molar-refractivity contribution < 1.29 is 34.3 Å². The number of aliphatic carboxylic acids is 1. The van der Waals surface area contributed by atoms with Gasteiger partial charge in [-0.2, -0.15) is 0 Å². The van der Waals surface area contributed by atoms with Crippen LogP contribution in [-0.2, 0) is 16.0 Å². The number of nitrogens with one attached hydrogen (secondary N) is 1. The second-order valence-corrected chi connectivity index (χ2v) is 6.93. The summed E-state index contributed by atoms with van der Waals surface area (Å²) in [5.41, 5.74) is 0.582. The van der Waals surface area contributed by atoms with Crippen LogP contribution in [0.15, 0.2) is 18.2 Å². The zero-order chi connectivity index (χ0) is 20.3. The number of carboxylic acid groups (broad SMARTS) is 2. The van der Waals surface area contributed by atoms with Crippen LogP contribution in [0.1, 0.15) is 15.9 Å². The Hall–Kier alpha value is -2.63. The average Bonchev–Trinajstić information content (AvgIpc) is 2.63. The molecule has 0 radical (unpaired) electrons. The number of para-hydroxylation sites is 1.